The highest BCUT2D eigenvalue weighted by Crippen LogP contribution is 2.29. The van der Waals surface area contributed by atoms with Crippen molar-refractivity contribution in [2.75, 3.05) is 27.8 Å². The summed E-state index contributed by atoms with van der Waals surface area (Å²) in [6.45, 7) is 1.24. The highest BCUT2D eigenvalue weighted by molar-refractivity contribution is 5.97. The number of nitrogens with one attached hydrogen (secondary N) is 2. The molecule has 0 heterocycles. The molecular formula is C25H40N4O4. The Balaban J connectivity index is 0.000000554. The van der Waals surface area contributed by atoms with Gasteiger partial charge >= 0.3 is 0 Å². The summed E-state index contributed by atoms with van der Waals surface area (Å²) >= 11 is 0. The molecule has 1 unspecified atom stereocenters. The van der Waals surface area contributed by atoms with Crippen LogP contribution in [-0.2, 0) is 16.0 Å². The van der Waals surface area contributed by atoms with Crippen molar-refractivity contribution in [2.45, 2.75) is 63.8 Å². The minimum atomic E-state index is -0.505. The molecule has 184 valence electrons. The fourth-order valence-corrected chi connectivity index (χ4v) is 4.09. The van der Waals surface area contributed by atoms with Gasteiger partial charge < -0.3 is 25.3 Å². The highest BCUT2D eigenvalue weighted by atomic mass is 16.5. The van der Waals surface area contributed by atoms with Crippen molar-refractivity contribution in [3.05, 3.63) is 23.8 Å². The molecule has 1 aromatic rings. The Bertz CT molecular complexity index is 774. The van der Waals surface area contributed by atoms with Crippen LogP contribution in [0.15, 0.2) is 23.2 Å². The van der Waals surface area contributed by atoms with Gasteiger partial charge in [-0.3, -0.25) is 10.1 Å². The summed E-state index contributed by atoms with van der Waals surface area (Å²) in [5.74, 6) is 2.37. The first kappa shape index (κ1) is 26.6. The number of nitrogens with zero attached hydrogens (tertiary/aromatic N) is 1. The van der Waals surface area contributed by atoms with E-state index in [2.05, 4.69) is 15.6 Å². The number of guanidine groups is 1. The van der Waals surface area contributed by atoms with Gasteiger partial charge in [-0.1, -0.05) is 38.2 Å². The van der Waals surface area contributed by atoms with Gasteiger partial charge in [0.25, 0.3) is 0 Å². The van der Waals surface area contributed by atoms with Gasteiger partial charge in [-0.2, -0.15) is 0 Å². The number of amides is 1. The lowest BCUT2D eigenvalue weighted by molar-refractivity contribution is -0.119. The molecule has 0 spiro atoms. The van der Waals surface area contributed by atoms with Crippen LogP contribution in [0.2, 0.25) is 0 Å². The number of ether oxygens (including phenoxy) is 2. The van der Waals surface area contributed by atoms with E-state index in [0.29, 0.717) is 23.8 Å². The standard InChI is InChI=1S/C20H29N3O4.C5H11N/c1-26-17-9-8-15(11-18(17)27-2)12-19(25)23-20(21)22-16(13-24)10-14-6-4-3-5-7-14;1-6-4-5-2-3-5/h8-9,11,13-14,16H,3-7,10,12H2,1-2H3,(H3,21,22,23,25);5-6H,2-4H2,1H3. The minimum Gasteiger partial charge on any atom is -0.493 e. The van der Waals surface area contributed by atoms with E-state index in [1.54, 1.807) is 25.3 Å². The zero-order valence-corrected chi connectivity index (χ0v) is 20.3. The van der Waals surface area contributed by atoms with E-state index in [4.69, 9.17) is 15.2 Å². The van der Waals surface area contributed by atoms with E-state index in [-0.39, 0.29) is 18.3 Å². The highest BCUT2D eigenvalue weighted by Gasteiger charge is 2.19. The minimum absolute atomic E-state index is 0.0200. The number of carbonyl (C=O) groups is 2. The lowest BCUT2D eigenvalue weighted by atomic mass is 9.85. The predicted octanol–water partition coefficient (Wildman–Crippen LogP) is 2.83. The maximum atomic E-state index is 12.2. The molecule has 0 bridgehead atoms. The first-order valence-electron chi connectivity index (χ1n) is 11.9. The van der Waals surface area contributed by atoms with E-state index >= 15 is 0 Å². The second kappa shape index (κ2) is 14.5. The fourth-order valence-electron chi connectivity index (χ4n) is 4.09. The molecule has 0 aromatic heterocycles. The van der Waals surface area contributed by atoms with Crippen LogP contribution >= 0.6 is 0 Å². The van der Waals surface area contributed by atoms with Gasteiger partial charge in [0.2, 0.25) is 5.91 Å². The number of hydrogen-bond donors (Lipinski definition) is 3. The van der Waals surface area contributed by atoms with E-state index in [9.17, 15) is 9.59 Å². The molecule has 8 nitrogen and oxygen atoms in total. The van der Waals surface area contributed by atoms with Crippen molar-refractivity contribution in [3.8, 4) is 11.5 Å². The topological polar surface area (TPSA) is 115 Å². The van der Waals surface area contributed by atoms with E-state index in [1.165, 1.54) is 45.8 Å². The molecule has 8 heteroatoms. The average Bonchev–Trinajstić information content (AvgIpc) is 3.64. The van der Waals surface area contributed by atoms with Crippen molar-refractivity contribution >= 4 is 18.2 Å². The third-order valence-corrected chi connectivity index (χ3v) is 6.03. The Labute approximate surface area is 197 Å². The number of aliphatic imine (C=N–C) groups is 1. The second-order valence-corrected chi connectivity index (χ2v) is 8.87. The number of hydrogen-bond acceptors (Lipinski definition) is 6. The Morgan fingerprint density at radius 3 is 2.36 bits per heavy atom. The molecule has 33 heavy (non-hydrogen) atoms. The molecule has 1 amide bonds. The number of aldehydes is 1. The second-order valence-electron chi connectivity index (χ2n) is 8.87. The molecule has 0 radical (unpaired) electrons. The van der Waals surface area contributed by atoms with Crippen LogP contribution in [0.5, 0.6) is 11.5 Å². The normalized spacial score (nSPS) is 17.4. The van der Waals surface area contributed by atoms with E-state index < -0.39 is 6.04 Å². The van der Waals surface area contributed by atoms with Crippen LogP contribution in [0.1, 0.15) is 56.9 Å². The summed E-state index contributed by atoms with van der Waals surface area (Å²) in [6, 6.07) is 4.76. The predicted molar refractivity (Wildman–Crippen MR) is 131 cm³/mol. The fraction of sp³-hybridized carbons (Fsp3) is 0.640. The molecule has 2 aliphatic rings. The van der Waals surface area contributed by atoms with E-state index in [1.807, 2.05) is 7.05 Å². The van der Waals surface area contributed by atoms with Crippen molar-refractivity contribution < 1.29 is 19.1 Å². The molecule has 2 fully saturated rings. The van der Waals surface area contributed by atoms with Crippen LogP contribution in [0.4, 0.5) is 0 Å². The number of nitrogens with two attached hydrogens (primary N) is 1. The number of rotatable bonds is 10. The molecule has 0 aliphatic heterocycles. The SMILES string of the molecule is CNCC1CC1.COc1ccc(CC(=O)NC(N)=NC(C=O)CC2CCCCC2)cc1OC. The van der Waals surface area contributed by atoms with Crippen LogP contribution in [0.3, 0.4) is 0 Å². The number of methoxy groups -OCH3 is 2. The van der Waals surface area contributed by atoms with Gasteiger partial charge in [0, 0.05) is 0 Å². The summed E-state index contributed by atoms with van der Waals surface area (Å²) in [5, 5.41) is 5.68. The van der Waals surface area contributed by atoms with Crippen molar-refractivity contribution in [3.63, 3.8) is 0 Å². The molecule has 2 aliphatic carbocycles. The van der Waals surface area contributed by atoms with Gasteiger partial charge in [0.15, 0.2) is 17.5 Å². The molecule has 2 saturated carbocycles. The lowest BCUT2D eigenvalue weighted by Gasteiger charge is -2.22. The van der Waals surface area contributed by atoms with Gasteiger partial charge in [0.05, 0.1) is 20.6 Å². The van der Waals surface area contributed by atoms with E-state index in [0.717, 1.165) is 30.6 Å². The van der Waals surface area contributed by atoms with Gasteiger partial charge in [0.1, 0.15) is 12.3 Å². The monoisotopic (exact) mass is 460 g/mol. The summed E-state index contributed by atoms with van der Waals surface area (Å²) in [5.41, 5.74) is 6.58. The molecule has 1 aromatic carbocycles. The maximum absolute atomic E-state index is 12.2. The zero-order valence-electron chi connectivity index (χ0n) is 20.3. The number of carbonyl (C=O) groups excluding carboxylic acids is 2. The first-order valence-corrected chi connectivity index (χ1v) is 11.9. The third kappa shape index (κ3) is 10.2. The Morgan fingerprint density at radius 1 is 1.12 bits per heavy atom. The lowest BCUT2D eigenvalue weighted by Crippen LogP contribution is -2.39. The van der Waals surface area contributed by atoms with Crippen LogP contribution in [-0.4, -0.2) is 52.0 Å². The van der Waals surface area contributed by atoms with Crippen molar-refractivity contribution in [2.24, 2.45) is 22.6 Å². The Hall–Kier alpha value is -2.61. The Kier molecular flexibility index (Phi) is 11.7. The molecule has 1 atom stereocenters. The van der Waals surface area contributed by atoms with Crippen molar-refractivity contribution in [1.82, 2.24) is 10.6 Å². The molecular weight excluding hydrogens is 420 g/mol. The smallest absolute Gasteiger partial charge is 0.231 e. The summed E-state index contributed by atoms with van der Waals surface area (Å²) in [7, 11) is 5.11. The quantitative estimate of drug-likeness (QED) is 0.281. The van der Waals surface area contributed by atoms with Gasteiger partial charge in [-0.05, 0) is 62.4 Å². The van der Waals surface area contributed by atoms with Crippen LogP contribution < -0.4 is 25.8 Å². The van der Waals surface area contributed by atoms with Crippen LogP contribution in [0, 0.1) is 11.8 Å². The Morgan fingerprint density at radius 2 is 1.82 bits per heavy atom. The average molecular weight is 461 g/mol. The van der Waals surface area contributed by atoms with Gasteiger partial charge in [-0.25, -0.2) is 4.99 Å². The molecule has 4 N–H and O–H groups in total. The zero-order chi connectivity index (χ0) is 24.1. The summed E-state index contributed by atoms with van der Waals surface area (Å²) < 4.78 is 10.4. The third-order valence-electron chi connectivity index (χ3n) is 6.03. The first-order chi connectivity index (χ1) is 16.0. The molecule has 3 rings (SSSR count). The maximum Gasteiger partial charge on any atom is 0.231 e. The van der Waals surface area contributed by atoms with Gasteiger partial charge in [-0.15, -0.1) is 0 Å². The number of benzene rings is 1. The van der Waals surface area contributed by atoms with Crippen molar-refractivity contribution in [1.29, 1.82) is 0 Å². The molecule has 0 saturated heterocycles. The summed E-state index contributed by atoms with van der Waals surface area (Å²) in [4.78, 5) is 27.7. The largest absolute Gasteiger partial charge is 0.493 e. The summed E-state index contributed by atoms with van der Waals surface area (Å²) in [6.07, 6.45) is 10.5. The van der Waals surface area contributed by atoms with Crippen LogP contribution in [0.25, 0.3) is 0 Å².